The molecular weight excluding hydrogens is 435 g/mol. The normalized spacial score (nSPS) is 59.4. The highest BCUT2D eigenvalue weighted by atomic mass is 127. The molecule has 2 N–H and O–H groups in total. The fourth-order valence-electron chi connectivity index (χ4n) is 8.10. The predicted molar refractivity (Wildman–Crippen MR) is 98.3 cm³/mol. The Morgan fingerprint density at radius 1 is 0.960 bits per heavy atom. The molecule has 4 bridgehead atoms. The van der Waals surface area contributed by atoms with Crippen molar-refractivity contribution in [1.82, 2.24) is 15.7 Å². The maximum Gasteiger partial charge on any atom is 0.0952 e. The van der Waals surface area contributed by atoms with Crippen molar-refractivity contribution in [2.24, 2.45) is 65.0 Å². The summed E-state index contributed by atoms with van der Waals surface area (Å²) in [6.45, 7) is 0. The summed E-state index contributed by atoms with van der Waals surface area (Å²) in [5, 5.41) is 24.1. The molecule has 6 rings (SSSR count). The molecule has 8 heteroatoms. The molecule has 0 aromatic heterocycles. The number of allylic oxidation sites excluding steroid dienone is 2. The van der Waals surface area contributed by atoms with Crippen molar-refractivity contribution in [3.8, 4) is 0 Å². The van der Waals surface area contributed by atoms with Crippen molar-refractivity contribution in [1.29, 1.82) is 0 Å². The largest absolute Gasteiger partial charge is 0.770 e. The van der Waals surface area contributed by atoms with Crippen LogP contribution in [0.25, 0.3) is 0 Å². The van der Waals surface area contributed by atoms with Gasteiger partial charge in [0.1, 0.15) is 0 Å². The van der Waals surface area contributed by atoms with Gasteiger partial charge in [-0.3, -0.25) is 10.0 Å². The maximum absolute atomic E-state index is 12.0. The van der Waals surface area contributed by atoms with E-state index < -0.39 is 0 Å². The number of halogens is 1. The Bertz CT molecular complexity index is 635. The third-order valence-electron chi connectivity index (χ3n) is 8.61. The van der Waals surface area contributed by atoms with Crippen LogP contribution < -0.4 is 5.84 Å². The number of rotatable bonds is 4. The summed E-state index contributed by atoms with van der Waals surface area (Å²) in [6, 6.07) is 0. The number of hydroxylamine groups is 1. The minimum atomic E-state index is -0.113. The molecule has 25 heavy (non-hydrogen) atoms. The Kier molecular flexibility index (Phi) is 3.34. The molecule has 0 radical (unpaired) electrons. The number of hydrazine groups is 3. The van der Waals surface area contributed by atoms with Crippen LogP contribution in [-0.4, -0.2) is 32.8 Å². The van der Waals surface area contributed by atoms with Gasteiger partial charge in [0.05, 0.1) is 6.10 Å². The van der Waals surface area contributed by atoms with Crippen LogP contribution in [0.3, 0.4) is 0 Å². The molecule has 0 aromatic carbocycles. The number of fused-ring (bicyclic) bond motifs is 15. The van der Waals surface area contributed by atoms with Crippen molar-refractivity contribution >= 4 is 22.6 Å². The van der Waals surface area contributed by atoms with Gasteiger partial charge in [-0.25, -0.2) is 5.84 Å². The van der Waals surface area contributed by atoms with Crippen LogP contribution in [-0.2, 0) is 4.84 Å². The van der Waals surface area contributed by atoms with Gasteiger partial charge in [0.2, 0.25) is 0 Å². The number of nitrogens with zero attached hydrogens (tertiary/aromatic N) is 3. The summed E-state index contributed by atoms with van der Waals surface area (Å²) >= 11 is 2.45. The van der Waals surface area contributed by atoms with E-state index in [2.05, 4.69) is 34.7 Å². The molecule has 7 nitrogen and oxygen atoms in total. The molecule has 12 unspecified atom stereocenters. The van der Waals surface area contributed by atoms with Crippen LogP contribution in [0.15, 0.2) is 12.2 Å². The standard InChI is InChI=1S/C17H23IN4O3/c1-20(23)21(19)22(24)25-17-15-9-5-8(14(15)16(17)18)12-10-6-2-3-7(4-6)11(10)13(9)12/h2-3,6-17H,4-5,19H2,1H3/q-2. The molecule has 6 aliphatic rings. The summed E-state index contributed by atoms with van der Waals surface area (Å²) < 4.78 is 0.341. The number of nitrogens with two attached hydrogens (primary N) is 1. The first-order chi connectivity index (χ1) is 12.0. The molecular formula is C17H23IN4O3-2. The number of hydrogen-bond acceptors (Lipinski definition) is 7. The third-order valence-corrected chi connectivity index (χ3v) is 10.2. The summed E-state index contributed by atoms with van der Waals surface area (Å²) in [4.78, 5) is 5.58. The molecule has 0 aliphatic heterocycles. The van der Waals surface area contributed by atoms with Gasteiger partial charge in [-0.1, -0.05) is 34.7 Å². The van der Waals surface area contributed by atoms with Crippen LogP contribution in [0, 0.1) is 69.6 Å². The molecule has 0 heterocycles. The molecule has 138 valence electrons. The minimum absolute atomic E-state index is 0.113. The monoisotopic (exact) mass is 458 g/mol. The summed E-state index contributed by atoms with van der Waals surface area (Å²) in [7, 11) is 1.18. The molecule has 5 saturated carbocycles. The number of alkyl halides is 1. The lowest BCUT2D eigenvalue weighted by Crippen LogP contribution is -2.66. The second-order valence-corrected chi connectivity index (χ2v) is 10.5. The van der Waals surface area contributed by atoms with E-state index in [0.717, 1.165) is 41.4 Å². The molecule has 0 aromatic rings. The number of hydrogen-bond donors (Lipinski definition) is 1. The fourth-order valence-corrected chi connectivity index (χ4v) is 9.72. The van der Waals surface area contributed by atoms with Gasteiger partial charge in [0.15, 0.2) is 0 Å². The van der Waals surface area contributed by atoms with Gasteiger partial charge in [-0.05, 0) is 79.1 Å². The van der Waals surface area contributed by atoms with Gasteiger partial charge >= 0.3 is 0 Å². The lowest BCUT2D eigenvalue weighted by atomic mass is 9.43. The second kappa shape index (κ2) is 5.16. The molecule has 0 spiro atoms. The lowest BCUT2D eigenvalue weighted by molar-refractivity contribution is -0.356. The van der Waals surface area contributed by atoms with Crippen LogP contribution >= 0.6 is 22.6 Å². The van der Waals surface area contributed by atoms with E-state index in [0.29, 0.717) is 26.9 Å². The van der Waals surface area contributed by atoms with Crippen molar-refractivity contribution in [3.05, 3.63) is 22.6 Å². The van der Waals surface area contributed by atoms with Gasteiger partial charge < -0.3 is 10.4 Å². The molecule has 12 atom stereocenters. The smallest absolute Gasteiger partial charge is 0.0952 e. The zero-order valence-electron chi connectivity index (χ0n) is 14.0. The topological polar surface area (TPSA) is 91.1 Å². The first-order valence-corrected chi connectivity index (χ1v) is 10.7. The first kappa shape index (κ1) is 16.2. The van der Waals surface area contributed by atoms with Crippen molar-refractivity contribution in [3.63, 3.8) is 0 Å². The van der Waals surface area contributed by atoms with E-state index in [1.807, 2.05) is 0 Å². The van der Waals surface area contributed by atoms with E-state index in [1.165, 1.54) is 19.9 Å². The van der Waals surface area contributed by atoms with Gasteiger partial charge in [0.25, 0.3) is 0 Å². The van der Waals surface area contributed by atoms with Crippen molar-refractivity contribution < 1.29 is 4.84 Å². The highest BCUT2D eigenvalue weighted by molar-refractivity contribution is 14.1. The molecule has 0 saturated heterocycles. The van der Waals surface area contributed by atoms with E-state index >= 15 is 0 Å². The summed E-state index contributed by atoms with van der Waals surface area (Å²) in [5.74, 6) is 13.4. The van der Waals surface area contributed by atoms with Gasteiger partial charge in [0, 0.05) is 3.92 Å². The highest BCUT2D eigenvalue weighted by Crippen LogP contribution is 2.79. The van der Waals surface area contributed by atoms with Crippen molar-refractivity contribution in [2.75, 3.05) is 7.05 Å². The van der Waals surface area contributed by atoms with E-state index in [1.54, 1.807) is 0 Å². The Balaban J connectivity index is 1.21. The average Bonchev–Trinajstić information content (AvgIpc) is 3.27. The van der Waals surface area contributed by atoms with E-state index in [4.69, 9.17) is 10.7 Å². The SMILES string of the molecule is CN([O-])N(N)N([O-])OC1C(I)C2C3CC(C12)C1C2C4C=CC(C4)C2C31. The zero-order valence-corrected chi connectivity index (χ0v) is 16.2. The van der Waals surface area contributed by atoms with Crippen LogP contribution in [0.4, 0.5) is 0 Å². The molecule has 6 aliphatic carbocycles. The fraction of sp³-hybridized carbons (Fsp3) is 0.882. The lowest BCUT2D eigenvalue weighted by Gasteiger charge is -2.64. The second-order valence-electron chi connectivity index (χ2n) is 9.01. The average molecular weight is 458 g/mol. The quantitative estimate of drug-likeness (QED) is 0.172. The highest BCUT2D eigenvalue weighted by Gasteiger charge is 2.77. The summed E-state index contributed by atoms with van der Waals surface area (Å²) in [5.41, 5.74) is 0. The third kappa shape index (κ3) is 1.81. The van der Waals surface area contributed by atoms with Crippen LogP contribution in [0.5, 0.6) is 0 Å². The Morgan fingerprint density at radius 3 is 2.16 bits per heavy atom. The zero-order chi connectivity index (χ0) is 17.2. The molecule has 5 fully saturated rings. The predicted octanol–water partition coefficient (Wildman–Crippen LogP) is 1.91. The van der Waals surface area contributed by atoms with Crippen LogP contribution in [0.1, 0.15) is 12.8 Å². The van der Waals surface area contributed by atoms with Gasteiger partial charge in [-0.15, -0.1) is 5.23 Å². The van der Waals surface area contributed by atoms with E-state index in [9.17, 15) is 10.4 Å². The Hall–Kier alpha value is 0.190. The Labute approximate surface area is 160 Å². The van der Waals surface area contributed by atoms with Crippen molar-refractivity contribution in [2.45, 2.75) is 22.9 Å². The summed E-state index contributed by atoms with van der Waals surface area (Å²) in [6.07, 6.45) is 7.56. The van der Waals surface area contributed by atoms with Gasteiger partial charge in [-0.2, -0.15) is 5.34 Å². The maximum atomic E-state index is 12.0. The Morgan fingerprint density at radius 2 is 1.56 bits per heavy atom. The van der Waals surface area contributed by atoms with E-state index in [-0.39, 0.29) is 16.6 Å². The minimum Gasteiger partial charge on any atom is -0.770 e. The first-order valence-electron chi connectivity index (χ1n) is 9.41. The molecule has 0 amide bonds. The van der Waals surface area contributed by atoms with Crippen LogP contribution in [0.2, 0.25) is 0 Å².